The summed E-state index contributed by atoms with van der Waals surface area (Å²) >= 11 is 0. The highest BCUT2D eigenvalue weighted by Gasteiger charge is 2.68. The number of hydrogen-bond acceptors (Lipinski definition) is 3. The van der Waals surface area contributed by atoms with Crippen molar-refractivity contribution in [3.63, 3.8) is 0 Å². The quantitative estimate of drug-likeness (QED) is 0.527. The van der Waals surface area contributed by atoms with E-state index in [0.29, 0.717) is 11.8 Å². The molecule has 66 valence electrons. The molecule has 1 heterocycles. The van der Waals surface area contributed by atoms with Crippen LogP contribution in [0.15, 0.2) is 0 Å². The van der Waals surface area contributed by atoms with Crippen LogP contribution in [0.4, 0.5) is 0 Å². The van der Waals surface area contributed by atoms with Gasteiger partial charge in [0, 0.05) is 12.0 Å². The second kappa shape index (κ2) is 1.69. The largest absolute Gasteiger partial charge is 0.462 e. The van der Waals surface area contributed by atoms with Crippen molar-refractivity contribution in [3.8, 4) is 0 Å². The highest BCUT2D eigenvalue weighted by Crippen LogP contribution is 2.60. The van der Waals surface area contributed by atoms with E-state index in [0.717, 1.165) is 12.8 Å². The predicted molar refractivity (Wildman–Crippen MR) is 42.2 cm³/mol. The number of ether oxygens (including phenoxy) is 1. The Bertz CT molecular complexity index is 265. The van der Waals surface area contributed by atoms with E-state index in [1.54, 1.807) is 0 Å². The molecule has 3 fully saturated rings. The van der Waals surface area contributed by atoms with Gasteiger partial charge in [-0.25, -0.2) is 0 Å². The standard InChI is InChI=1S/C9H13NO2/c1-9-5-2-4(7(9)10)3-6(5)12-8(9)11/h4-7H,2-3,10H2,1H3. The monoisotopic (exact) mass is 167 g/mol. The number of hydrogen-bond donors (Lipinski definition) is 1. The van der Waals surface area contributed by atoms with Crippen LogP contribution in [-0.2, 0) is 9.53 Å². The summed E-state index contributed by atoms with van der Waals surface area (Å²) in [5.41, 5.74) is 5.69. The maximum atomic E-state index is 11.5. The first kappa shape index (κ1) is 6.89. The summed E-state index contributed by atoms with van der Waals surface area (Å²) in [6.45, 7) is 1.98. The van der Waals surface area contributed by atoms with Crippen molar-refractivity contribution in [1.29, 1.82) is 0 Å². The molecule has 2 bridgehead atoms. The summed E-state index contributed by atoms with van der Waals surface area (Å²) < 4.78 is 5.29. The van der Waals surface area contributed by atoms with Crippen LogP contribution in [-0.4, -0.2) is 18.1 Å². The van der Waals surface area contributed by atoms with Crippen molar-refractivity contribution in [1.82, 2.24) is 0 Å². The van der Waals surface area contributed by atoms with E-state index in [2.05, 4.69) is 0 Å². The third-order valence-electron chi connectivity index (χ3n) is 4.21. The lowest BCUT2D eigenvalue weighted by Crippen LogP contribution is -2.46. The number of esters is 1. The van der Waals surface area contributed by atoms with Crippen molar-refractivity contribution in [2.24, 2.45) is 23.0 Å². The fourth-order valence-electron chi connectivity index (χ4n) is 3.38. The van der Waals surface area contributed by atoms with Crippen LogP contribution < -0.4 is 5.73 Å². The van der Waals surface area contributed by atoms with Gasteiger partial charge in [0.1, 0.15) is 6.10 Å². The van der Waals surface area contributed by atoms with E-state index >= 15 is 0 Å². The number of carbonyl (C=O) groups is 1. The minimum Gasteiger partial charge on any atom is -0.462 e. The van der Waals surface area contributed by atoms with Gasteiger partial charge in [0.2, 0.25) is 0 Å². The minimum atomic E-state index is -0.340. The van der Waals surface area contributed by atoms with E-state index in [1.165, 1.54) is 0 Å². The first-order chi connectivity index (χ1) is 5.64. The zero-order valence-electron chi connectivity index (χ0n) is 7.12. The van der Waals surface area contributed by atoms with Crippen molar-refractivity contribution >= 4 is 5.97 Å². The predicted octanol–water partition coefficient (Wildman–Crippen LogP) is 0.285. The van der Waals surface area contributed by atoms with Crippen LogP contribution in [0.5, 0.6) is 0 Å². The number of carbonyl (C=O) groups excluding carboxylic acids is 1. The molecule has 0 aromatic carbocycles. The van der Waals surface area contributed by atoms with Crippen LogP contribution in [0.1, 0.15) is 19.8 Å². The third-order valence-corrected chi connectivity index (χ3v) is 4.21. The Morgan fingerprint density at radius 3 is 2.92 bits per heavy atom. The molecule has 2 N–H and O–H groups in total. The van der Waals surface area contributed by atoms with E-state index in [4.69, 9.17) is 10.5 Å². The van der Waals surface area contributed by atoms with E-state index in [9.17, 15) is 4.79 Å². The van der Waals surface area contributed by atoms with Gasteiger partial charge in [-0.2, -0.15) is 0 Å². The summed E-state index contributed by atoms with van der Waals surface area (Å²) in [6.07, 6.45) is 2.31. The molecule has 1 saturated heterocycles. The van der Waals surface area contributed by atoms with Gasteiger partial charge in [0.15, 0.2) is 0 Å². The fraction of sp³-hybridized carbons (Fsp3) is 0.889. The summed E-state index contributed by atoms with van der Waals surface area (Å²) in [4.78, 5) is 11.5. The first-order valence-electron chi connectivity index (χ1n) is 4.60. The summed E-state index contributed by atoms with van der Waals surface area (Å²) in [5.74, 6) is 0.909. The average molecular weight is 167 g/mol. The molecule has 5 atom stereocenters. The van der Waals surface area contributed by atoms with Gasteiger partial charge in [-0.15, -0.1) is 0 Å². The molecule has 3 aliphatic rings. The van der Waals surface area contributed by atoms with Crippen LogP contribution >= 0.6 is 0 Å². The Labute approximate surface area is 71.3 Å². The molecule has 5 unspecified atom stereocenters. The Kier molecular flexibility index (Phi) is 0.971. The molecule has 3 rings (SSSR count). The zero-order valence-corrected chi connectivity index (χ0v) is 7.12. The van der Waals surface area contributed by atoms with Crippen LogP contribution in [0, 0.1) is 17.3 Å². The summed E-state index contributed by atoms with van der Waals surface area (Å²) in [7, 11) is 0. The third kappa shape index (κ3) is 0.478. The minimum absolute atomic E-state index is 0.0498. The van der Waals surface area contributed by atoms with Crippen LogP contribution in [0.25, 0.3) is 0 Å². The molecule has 3 nitrogen and oxygen atoms in total. The van der Waals surface area contributed by atoms with Gasteiger partial charge in [0.05, 0.1) is 5.41 Å². The fourth-order valence-corrected chi connectivity index (χ4v) is 3.38. The molecule has 0 radical (unpaired) electrons. The molecule has 12 heavy (non-hydrogen) atoms. The Morgan fingerprint density at radius 1 is 1.58 bits per heavy atom. The highest BCUT2D eigenvalue weighted by molar-refractivity contribution is 5.81. The van der Waals surface area contributed by atoms with Crippen molar-refractivity contribution in [2.45, 2.75) is 31.9 Å². The van der Waals surface area contributed by atoms with Gasteiger partial charge in [-0.3, -0.25) is 4.79 Å². The topological polar surface area (TPSA) is 52.3 Å². The lowest BCUT2D eigenvalue weighted by Gasteiger charge is -2.29. The Hall–Kier alpha value is -0.570. The molecule has 1 aliphatic heterocycles. The van der Waals surface area contributed by atoms with Crippen molar-refractivity contribution in [2.75, 3.05) is 0 Å². The molecule has 2 aliphatic carbocycles. The molecule has 3 heteroatoms. The van der Waals surface area contributed by atoms with E-state index in [-0.39, 0.29) is 23.5 Å². The zero-order chi connectivity index (χ0) is 8.51. The van der Waals surface area contributed by atoms with Gasteiger partial charge in [-0.1, -0.05) is 0 Å². The molecular weight excluding hydrogens is 154 g/mol. The van der Waals surface area contributed by atoms with Crippen LogP contribution in [0.3, 0.4) is 0 Å². The molecular formula is C9H13NO2. The first-order valence-corrected chi connectivity index (χ1v) is 4.60. The van der Waals surface area contributed by atoms with Crippen molar-refractivity contribution in [3.05, 3.63) is 0 Å². The molecule has 0 spiro atoms. The van der Waals surface area contributed by atoms with E-state index in [1.807, 2.05) is 6.92 Å². The van der Waals surface area contributed by atoms with Gasteiger partial charge in [-0.05, 0) is 25.7 Å². The lowest BCUT2D eigenvalue weighted by atomic mass is 9.73. The van der Waals surface area contributed by atoms with Crippen LogP contribution in [0.2, 0.25) is 0 Å². The molecule has 0 aromatic heterocycles. The van der Waals surface area contributed by atoms with Crippen molar-refractivity contribution < 1.29 is 9.53 Å². The lowest BCUT2D eigenvalue weighted by molar-refractivity contribution is -0.147. The van der Waals surface area contributed by atoms with Gasteiger partial charge in [0.25, 0.3) is 0 Å². The second-order valence-electron chi connectivity index (χ2n) is 4.59. The van der Waals surface area contributed by atoms with Gasteiger partial charge >= 0.3 is 5.97 Å². The molecule has 2 saturated carbocycles. The molecule has 0 aromatic rings. The van der Waals surface area contributed by atoms with E-state index < -0.39 is 0 Å². The number of rotatable bonds is 0. The maximum absolute atomic E-state index is 11.5. The van der Waals surface area contributed by atoms with Gasteiger partial charge < -0.3 is 10.5 Å². The maximum Gasteiger partial charge on any atom is 0.314 e. The number of fused-ring (bicyclic) bond motifs is 1. The normalized spacial score (nSPS) is 61.0. The molecule has 0 amide bonds. The average Bonchev–Trinajstić information content (AvgIpc) is 2.56. The smallest absolute Gasteiger partial charge is 0.314 e. The Balaban J connectivity index is 2.14. The summed E-state index contributed by atoms with van der Waals surface area (Å²) in [5, 5.41) is 0. The Morgan fingerprint density at radius 2 is 2.33 bits per heavy atom. The number of nitrogens with two attached hydrogens (primary N) is 1. The summed E-state index contributed by atoms with van der Waals surface area (Å²) in [6, 6.07) is 0.0498. The second-order valence-corrected chi connectivity index (χ2v) is 4.59. The SMILES string of the molecule is CC12C(=O)OC3CC(CC31)C2N. The highest BCUT2D eigenvalue weighted by atomic mass is 16.6.